The van der Waals surface area contributed by atoms with E-state index in [0.717, 1.165) is 11.0 Å². The fraction of sp³-hybridized carbons (Fsp3) is 0.250. The monoisotopic (exact) mass is 514 g/mol. The van der Waals surface area contributed by atoms with Crippen LogP contribution in [0.3, 0.4) is 0 Å². The highest BCUT2D eigenvalue weighted by Gasteiger charge is 2.16. The maximum absolute atomic E-state index is 11.9. The first kappa shape index (κ1) is 24.6. The normalized spacial score (nSPS) is 11.3. The number of nitrogens with one attached hydrogen (secondary N) is 2. The van der Waals surface area contributed by atoms with Gasteiger partial charge in [-0.05, 0) is 45.0 Å². The number of fused-ring (bicyclic) bond motifs is 1. The van der Waals surface area contributed by atoms with E-state index in [9.17, 15) is 4.79 Å². The predicted molar refractivity (Wildman–Crippen MR) is 136 cm³/mol. The Balaban J connectivity index is 1.48. The van der Waals surface area contributed by atoms with E-state index in [1.807, 2.05) is 43.7 Å². The highest BCUT2D eigenvalue weighted by Crippen LogP contribution is 2.33. The van der Waals surface area contributed by atoms with Gasteiger partial charge in [0, 0.05) is 37.2 Å². The van der Waals surface area contributed by atoms with Crippen LogP contribution in [0.5, 0.6) is 11.5 Å². The molecule has 0 aliphatic rings. The van der Waals surface area contributed by atoms with Gasteiger partial charge in [-0.1, -0.05) is 23.2 Å². The number of benzene rings is 1. The van der Waals surface area contributed by atoms with Crippen molar-refractivity contribution in [1.82, 2.24) is 24.8 Å². The van der Waals surface area contributed by atoms with Gasteiger partial charge < -0.3 is 24.7 Å². The lowest BCUT2D eigenvalue weighted by atomic mass is 10.2. The van der Waals surface area contributed by atoms with Crippen LogP contribution in [-0.2, 0) is 11.3 Å². The van der Waals surface area contributed by atoms with Crippen LogP contribution in [-0.4, -0.2) is 37.8 Å². The zero-order valence-corrected chi connectivity index (χ0v) is 20.9. The lowest BCUT2D eigenvalue weighted by Crippen LogP contribution is -2.34. The Bertz CT molecular complexity index is 1350. The number of pyridine rings is 1. The van der Waals surface area contributed by atoms with Crippen molar-refractivity contribution in [2.75, 3.05) is 11.9 Å². The predicted octanol–water partition coefficient (Wildman–Crippen LogP) is 6.19. The average Bonchev–Trinajstić information content (AvgIpc) is 3.19. The standard InChI is InChI=1S/C24H24Cl2N6O3/c1-24(2,3)35-23(33)28-7-9-32-8-6-19-21(32)22(30-14-29-19)31-16-4-5-20(18(26)11-16)34-17-10-15(25)12-27-13-17/h4-6,8,10-14H,7,9H2,1-3H3,(H,28,33)(H,29,30,31). The van der Waals surface area contributed by atoms with Gasteiger partial charge in [0.25, 0.3) is 0 Å². The molecule has 9 nitrogen and oxygen atoms in total. The zero-order chi connectivity index (χ0) is 25.0. The van der Waals surface area contributed by atoms with Gasteiger partial charge in [-0.25, -0.2) is 14.8 Å². The second-order valence-electron chi connectivity index (χ2n) is 8.61. The van der Waals surface area contributed by atoms with Gasteiger partial charge in [0.1, 0.15) is 28.9 Å². The molecule has 11 heteroatoms. The van der Waals surface area contributed by atoms with Crippen LogP contribution in [0.15, 0.2) is 55.2 Å². The van der Waals surface area contributed by atoms with E-state index in [2.05, 4.69) is 25.6 Å². The molecule has 0 saturated carbocycles. The average molecular weight is 515 g/mol. The summed E-state index contributed by atoms with van der Waals surface area (Å²) < 4.78 is 13.0. The fourth-order valence-electron chi connectivity index (χ4n) is 3.28. The first-order valence-electron chi connectivity index (χ1n) is 10.8. The number of amides is 1. The summed E-state index contributed by atoms with van der Waals surface area (Å²) in [4.78, 5) is 24.7. The number of aromatic nitrogens is 4. The number of carbonyl (C=O) groups is 1. The molecule has 3 heterocycles. The zero-order valence-electron chi connectivity index (χ0n) is 19.4. The molecule has 35 heavy (non-hydrogen) atoms. The third-order valence-electron chi connectivity index (χ3n) is 4.67. The third kappa shape index (κ3) is 6.52. The number of halogens is 2. The molecule has 3 aromatic heterocycles. The molecule has 0 aliphatic carbocycles. The Morgan fingerprint density at radius 3 is 2.69 bits per heavy atom. The summed E-state index contributed by atoms with van der Waals surface area (Å²) in [6, 6.07) is 8.84. The molecule has 0 bridgehead atoms. The largest absolute Gasteiger partial charge is 0.454 e. The lowest BCUT2D eigenvalue weighted by Gasteiger charge is -2.19. The first-order chi connectivity index (χ1) is 16.7. The molecule has 0 spiro atoms. The summed E-state index contributed by atoms with van der Waals surface area (Å²) in [5, 5.41) is 6.92. The molecule has 0 aliphatic heterocycles. The van der Waals surface area contributed by atoms with Crippen LogP contribution < -0.4 is 15.4 Å². The van der Waals surface area contributed by atoms with Crippen LogP contribution in [0, 0.1) is 0 Å². The van der Waals surface area contributed by atoms with E-state index in [1.165, 1.54) is 12.5 Å². The summed E-state index contributed by atoms with van der Waals surface area (Å²) in [5.74, 6) is 1.54. The van der Waals surface area contributed by atoms with E-state index >= 15 is 0 Å². The topological polar surface area (TPSA) is 103 Å². The van der Waals surface area contributed by atoms with Crippen molar-refractivity contribution in [2.24, 2.45) is 0 Å². The molecule has 182 valence electrons. The van der Waals surface area contributed by atoms with Gasteiger partial charge in [0.2, 0.25) is 0 Å². The summed E-state index contributed by atoms with van der Waals surface area (Å²) in [6.45, 7) is 6.34. The van der Waals surface area contributed by atoms with Crippen molar-refractivity contribution in [1.29, 1.82) is 0 Å². The van der Waals surface area contributed by atoms with Gasteiger partial charge in [-0.2, -0.15) is 0 Å². The molecule has 0 unspecified atom stereocenters. The molecular formula is C24H24Cl2N6O3. The van der Waals surface area contributed by atoms with Gasteiger partial charge in [0.05, 0.1) is 21.8 Å². The van der Waals surface area contributed by atoms with Crippen LogP contribution in [0.1, 0.15) is 20.8 Å². The van der Waals surface area contributed by atoms with Gasteiger partial charge in [0.15, 0.2) is 5.82 Å². The summed E-state index contributed by atoms with van der Waals surface area (Å²) >= 11 is 12.4. The maximum atomic E-state index is 11.9. The number of ether oxygens (including phenoxy) is 2. The number of alkyl carbamates (subject to hydrolysis) is 1. The molecule has 0 atom stereocenters. The van der Waals surface area contributed by atoms with Gasteiger partial charge in [-0.15, -0.1) is 0 Å². The molecule has 4 rings (SSSR count). The van der Waals surface area contributed by atoms with E-state index < -0.39 is 11.7 Å². The minimum absolute atomic E-state index is 0.378. The van der Waals surface area contributed by atoms with E-state index in [-0.39, 0.29) is 0 Å². The van der Waals surface area contributed by atoms with Crippen LogP contribution in [0.25, 0.3) is 11.0 Å². The van der Waals surface area contributed by atoms with Crippen molar-refractivity contribution in [3.63, 3.8) is 0 Å². The minimum atomic E-state index is -0.554. The molecule has 1 aromatic carbocycles. The molecular weight excluding hydrogens is 491 g/mol. The van der Waals surface area contributed by atoms with Gasteiger partial charge >= 0.3 is 6.09 Å². The fourth-order valence-corrected chi connectivity index (χ4v) is 3.66. The van der Waals surface area contributed by atoms with Crippen LogP contribution in [0.2, 0.25) is 10.0 Å². The summed E-state index contributed by atoms with van der Waals surface area (Å²) in [5.41, 5.74) is 1.72. The quantitative estimate of drug-likeness (QED) is 0.302. The number of anilines is 2. The number of hydrogen-bond acceptors (Lipinski definition) is 7. The van der Waals surface area contributed by atoms with Crippen molar-refractivity contribution in [3.05, 3.63) is 65.3 Å². The SMILES string of the molecule is CC(C)(C)OC(=O)NCCn1ccc2ncnc(Nc3ccc(Oc4cncc(Cl)c4)c(Cl)c3)c21. The van der Waals surface area contributed by atoms with E-state index in [0.29, 0.717) is 46.1 Å². The molecule has 1 amide bonds. The number of hydrogen-bond donors (Lipinski definition) is 2. The number of carbonyl (C=O) groups excluding carboxylic acids is 1. The van der Waals surface area contributed by atoms with Gasteiger partial charge in [-0.3, -0.25) is 4.98 Å². The molecule has 0 saturated heterocycles. The van der Waals surface area contributed by atoms with Crippen molar-refractivity contribution in [3.8, 4) is 11.5 Å². The highest BCUT2D eigenvalue weighted by molar-refractivity contribution is 6.32. The Labute approximate surface area is 212 Å². The van der Waals surface area contributed by atoms with E-state index in [1.54, 1.807) is 24.4 Å². The Hall–Kier alpha value is -3.56. The second-order valence-corrected chi connectivity index (χ2v) is 9.45. The molecule has 4 aromatic rings. The first-order valence-corrected chi connectivity index (χ1v) is 11.6. The molecule has 0 fully saturated rings. The molecule has 0 radical (unpaired) electrons. The minimum Gasteiger partial charge on any atom is -0.454 e. The lowest BCUT2D eigenvalue weighted by molar-refractivity contribution is 0.0526. The van der Waals surface area contributed by atoms with Crippen molar-refractivity contribution < 1.29 is 14.3 Å². The Morgan fingerprint density at radius 2 is 1.94 bits per heavy atom. The Morgan fingerprint density at radius 1 is 1.11 bits per heavy atom. The Kier molecular flexibility index (Phi) is 7.28. The maximum Gasteiger partial charge on any atom is 0.407 e. The number of rotatable bonds is 7. The van der Waals surface area contributed by atoms with Crippen LogP contribution in [0.4, 0.5) is 16.3 Å². The highest BCUT2D eigenvalue weighted by atomic mass is 35.5. The summed E-state index contributed by atoms with van der Waals surface area (Å²) in [6.07, 6.45) is 5.99. The van der Waals surface area contributed by atoms with Crippen molar-refractivity contribution >= 4 is 51.8 Å². The third-order valence-corrected chi connectivity index (χ3v) is 5.18. The second kappa shape index (κ2) is 10.4. The molecule has 2 N–H and O–H groups in total. The van der Waals surface area contributed by atoms with Crippen LogP contribution >= 0.6 is 23.2 Å². The van der Waals surface area contributed by atoms with Crippen molar-refractivity contribution in [2.45, 2.75) is 32.9 Å². The van der Waals surface area contributed by atoms with E-state index in [4.69, 9.17) is 32.7 Å². The number of nitrogens with zero attached hydrogens (tertiary/aromatic N) is 4. The smallest absolute Gasteiger partial charge is 0.407 e. The summed E-state index contributed by atoms with van der Waals surface area (Å²) in [7, 11) is 0.